The Morgan fingerprint density at radius 1 is 1.07 bits per heavy atom. The van der Waals surface area contributed by atoms with E-state index in [0.717, 1.165) is 16.5 Å². The second kappa shape index (κ2) is 8.83. The molecule has 0 aliphatic rings. The van der Waals surface area contributed by atoms with Crippen LogP contribution in [-0.2, 0) is 0 Å². The molecular weight excluding hydrogens is 400 g/mol. The topological polar surface area (TPSA) is 102 Å². The van der Waals surface area contributed by atoms with Gasteiger partial charge in [0.05, 0.1) is 16.3 Å². The van der Waals surface area contributed by atoms with Crippen LogP contribution in [0, 0.1) is 6.92 Å². The first-order valence-corrected chi connectivity index (χ1v) is 10.4. The molecule has 2 N–H and O–H groups in total. The molecule has 0 saturated heterocycles. The van der Waals surface area contributed by atoms with Gasteiger partial charge in [-0.25, -0.2) is 4.68 Å². The highest BCUT2D eigenvalue weighted by Crippen LogP contribution is 2.22. The number of fused-ring (bicyclic) bond motifs is 1. The Hall–Kier alpha value is -3.59. The van der Waals surface area contributed by atoms with Gasteiger partial charge in [0, 0.05) is 36.3 Å². The number of carbonyl (C=O) groups excluding carboxylic acids is 2. The van der Waals surface area contributed by atoms with Gasteiger partial charge >= 0.3 is 0 Å². The highest BCUT2D eigenvalue weighted by Gasteiger charge is 2.18. The third kappa shape index (κ3) is 4.06. The molecule has 0 bridgehead atoms. The van der Waals surface area contributed by atoms with E-state index in [1.54, 1.807) is 23.1 Å². The number of pyridine rings is 1. The number of nitrogens with one attached hydrogen (secondary N) is 2. The fourth-order valence-electron chi connectivity index (χ4n) is 3.13. The number of nitrogens with zero attached hydrogens (tertiary/aromatic N) is 4. The molecule has 0 saturated carbocycles. The molecule has 152 valence electrons. The maximum Gasteiger partial charge on any atom is 0.273 e. The first-order chi connectivity index (χ1) is 14.6. The summed E-state index contributed by atoms with van der Waals surface area (Å²) in [6.45, 7) is 2.72. The highest BCUT2D eigenvalue weighted by molar-refractivity contribution is 7.12. The summed E-state index contributed by atoms with van der Waals surface area (Å²) in [4.78, 5) is 29.2. The maximum absolute atomic E-state index is 12.5. The summed E-state index contributed by atoms with van der Waals surface area (Å²) in [6, 6.07) is 11.4. The van der Waals surface area contributed by atoms with Gasteiger partial charge in [0.25, 0.3) is 11.8 Å². The van der Waals surface area contributed by atoms with Crippen molar-refractivity contribution in [2.75, 3.05) is 13.1 Å². The molecule has 4 aromatic rings. The van der Waals surface area contributed by atoms with Gasteiger partial charge in [-0.05, 0) is 36.9 Å². The quantitative estimate of drug-likeness (QED) is 0.448. The van der Waals surface area contributed by atoms with E-state index in [0.29, 0.717) is 30.1 Å². The van der Waals surface area contributed by atoms with Crippen molar-refractivity contribution in [1.82, 2.24) is 30.6 Å². The molecule has 1 aromatic carbocycles. The monoisotopic (exact) mass is 420 g/mol. The van der Waals surface area contributed by atoms with Crippen molar-refractivity contribution in [1.29, 1.82) is 0 Å². The van der Waals surface area contributed by atoms with Crippen molar-refractivity contribution in [3.8, 4) is 5.69 Å². The van der Waals surface area contributed by atoms with Crippen LogP contribution in [0.1, 0.15) is 32.3 Å². The molecule has 2 amide bonds. The van der Waals surface area contributed by atoms with E-state index in [1.165, 1.54) is 11.3 Å². The molecule has 0 atom stereocenters. The fourth-order valence-corrected chi connectivity index (χ4v) is 3.77. The normalized spacial score (nSPS) is 10.8. The summed E-state index contributed by atoms with van der Waals surface area (Å²) in [5.41, 5.74) is 1.78. The molecule has 0 unspecified atom stereocenters. The Morgan fingerprint density at radius 2 is 1.90 bits per heavy atom. The van der Waals surface area contributed by atoms with Gasteiger partial charge in [-0.2, -0.15) is 0 Å². The summed E-state index contributed by atoms with van der Waals surface area (Å²) in [7, 11) is 0. The molecule has 4 rings (SSSR count). The minimum atomic E-state index is -0.287. The number of rotatable bonds is 7. The second-order valence-corrected chi connectivity index (χ2v) is 7.60. The predicted octanol–water partition coefficient (Wildman–Crippen LogP) is 2.74. The van der Waals surface area contributed by atoms with Crippen LogP contribution in [0.2, 0.25) is 0 Å². The standard InChI is InChI=1S/C21H20N6O2S/c1-14-19(21(29)24-10-4-9-23-20(28)18-7-3-12-30-18)25-26-27(14)17-6-2-5-15-13-22-11-8-16(15)17/h2-3,5-8,11-13H,4,9-10H2,1H3,(H,23,28)(H,24,29). The zero-order valence-electron chi connectivity index (χ0n) is 16.3. The van der Waals surface area contributed by atoms with Gasteiger partial charge < -0.3 is 10.6 Å². The largest absolute Gasteiger partial charge is 0.351 e. The van der Waals surface area contributed by atoms with Crippen molar-refractivity contribution in [2.24, 2.45) is 0 Å². The van der Waals surface area contributed by atoms with Crippen molar-refractivity contribution >= 4 is 33.9 Å². The average Bonchev–Trinajstić information content (AvgIpc) is 3.43. The summed E-state index contributed by atoms with van der Waals surface area (Å²) >= 11 is 1.40. The lowest BCUT2D eigenvalue weighted by molar-refractivity contribution is 0.0947. The molecule has 9 heteroatoms. The molecule has 3 heterocycles. The van der Waals surface area contributed by atoms with Crippen LogP contribution in [0.5, 0.6) is 0 Å². The average molecular weight is 420 g/mol. The summed E-state index contributed by atoms with van der Waals surface area (Å²) in [5.74, 6) is -0.384. The first-order valence-electron chi connectivity index (χ1n) is 9.50. The van der Waals surface area contributed by atoms with Crippen molar-refractivity contribution in [3.05, 3.63) is 70.4 Å². The Balaban J connectivity index is 1.36. The minimum Gasteiger partial charge on any atom is -0.351 e. The Kier molecular flexibility index (Phi) is 5.80. The molecule has 0 radical (unpaired) electrons. The van der Waals surface area contributed by atoms with Gasteiger partial charge in [-0.15, -0.1) is 16.4 Å². The van der Waals surface area contributed by atoms with Crippen molar-refractivity contribution in [3.63, 3.8) is 0 Å². The Morgan fingerprint density at radius 3 is 2.70 bits per heavy atom. The van der Waals surface area contributed by atoms with Crippen LogP contribution < -0.4 is 10.6 Å². The highest BCUT2D eigenvalue weighted by atomic mass is 32.1. The van der Waals surface area contributed by atoms with E-state index in [1.807, 2.05) is 42.6 Å². The number of amides is 2. The molecule has 0 spiro atoms. The number of carbonyl (C=O) groups is 2. The molecule has 0 fully saturated rings. The minimum absolute atomic E-state index is 0.0969. The zero-order valence-corrected chi connectivity index (χ0v) is 17.1. The van der Waals surface area contributed by atoms with Crippen LogP contribution in [0.25, 0.3) is 16.5 Å². The number of aromatic nitrogens is 4. The third-order valence-electron chi connectivity index (χ3n) is 4.67. The van der Waals surface area contributed by atoms with Crippen LogP contribution >= 0.6 is 11.3 Å². The molecule has 30 heavy (non-hydrogen) atoms. The zero-order chi connectivity index (χ0) is 20.9. The maximum atomic E-state index is 12.5. The summed E-state index contributed by atoms with van der Waals surface area (Å²) < 4.78 is 1.67. The second-order valence-electron chi connectivity index (χ2n) is 6.65. The first kappa shape index (κ1) is 19.7. The van der Waals surface area contributed by atoms with Crippen LogP contribution in [0.3, 0.4) is 0 Å². The number of benzene rings is 1. The molecule has 3 aromatic heterocycles. The van der Waals surface area contributed by atoms with Crippen LogP contribution in [0.15, 0.2) is 54.2 Å². The fraction of sp³-hybridized carbons (Fsp3) is 0.190. The lowest BCUT2D eigenvalue weighted by Crippen LogP contribution is -2.30. The molecule has 8 nitrogen and oxygen atoms in total. The van der Waals surface area contributed by atoms with Gasteiger partial charge in [-0.1, -0.05) is 23.4 Å². The predicted molar refractivity (Wildman–Crippen MR) is 115 cm³/mol. The van der Waals surface area contributed by atoms with E-state index < -0.39 is 0 Å². The van der Waals surface area contributed by atoms with E-state index in [4.69, 9.17) is 0 Å². The lowest BCUT2D eigenvalue weighted by Gasteiger charge is -2.08. The van der Waals surface area contributed by atoms with Crippen LogP contribution in [-0.4, -0.2) is 44.9 Å². The Bertz CT molecular complexity index is 1180. The van der Waals surface area contributed by atoms with E-state index in [-0.39, 0.29) is 17.5 Å². The van der Waals surface area contributed by atoms with E-state index >= 15 is 0 Å². The van der Waals surface area contributed by atoms with Gasteiger partial charge in [0.15, 0.2) is 5.69 Å². The molecular formula is C21H20N6O2S. The molecule has 0 aliphatic carbocycles. The smallest absolute Gasteiger partial charge is 0.273 e. The third-order valence-corrected chi connectivity index (χ3v) is 5.53. The number of hydrogen-bond donors (Lipinski definition) is 2. The number of thiophene rings is 1. The van der Waals surface area contributed by atoms with Crippen molar-refractivity contribution in [2.45, 2.75) is 13.3 Å². The van der Waals surface area contributed by atoms with Crippen molar-refractivity contribution < 1.29 is 9.59 Å². The Labute approximate surface area is 176 Å². The van der Waals surface area contributed by atoms with E-state index in [9.17, 15) is 9.59 Å². The summed E-state index contributed by atoms with van der Waals surface area (Å²) in [6.07, 6.45) is 4.13. The van der Waals surface area contributed by atoms with Gasteiger partial charge in [0.1, 0.15) is 0 Å². The SMILES string of the molecule is Cc1c(C(=O)NCCCNC(=O)c2cccs2)nnn1-c1cccc2cnccc12. The number of hydrogen-bond acceptors (Lipinski definition) is 6. The van der Waals surface area contributed by atoms with E-state index in [2.05, 4.69) is 25.9 Å². The van der Waals surface area contributed by atoms with Crippen LogP contribution in [0.4, 0.5) is 0 Å². The van der Waals surface area contributed by atoms with Gasteiger partial charge in [0.2, 0.25) is 0 Å². The summed E-state index contributed by atoms with van der Waals surface area (Å²) in [5, 5.41) is 17.8. The van der Waals surface area contributed by atoms with Gasteiger partial charge in [-0.3, -0.25) is 14.6 Å². The molecule has 0 aliphatic heterocycles. The lowest BCUT2D eigenvalue weighted by atomic mass is 10.1.